The number of nitrogens with one attached hydrogen (secondary N) is 1. The van der Waals surface area contributed by atoms with E-state index in [4.69, 9.17) is 0 Å². The highest BCUT2D eigenvalue weighted by Crippen LogP contribution is 2.24. The lowest BCUT2D eigenvalue weighted by Crippen LogP contribution is -2.29. The zero-order valence-corrected chi connectivity index (χ0v) is 17.0. The van der Waals surface area contributed by atoms with Crippen LogP contribution in [0.25, 0.3) is 0 Å². The van der Waals surface area contributed by atoms with Gasteiger partial charge >= 0.3 is 0 Å². The topological polar surface area (TPSA) is 63.2 Å². The highest BCUT2D eigenvalue weighted by atomic mass is 32.2. The van der Waals surface area contributed by atoms with Crippen LogP contribution in [0.1, 0.15) is 38.7 Å². The van der Waals surface area contributed by atoms with Crippen molar-refractivity contribution in [2.75, 3.05) is 6.26 Å². The predicted octanol–water partition coefficient (Wildman–Crippen LogP) is 4.23. The Morgan fingerprint density at radius 1 is 0.821 bits per heavy atom. The van der Waals surface area contributed by atoms with Crippen LogP contribution in [0.5, 0.6) is 0 Å². The number of carbonyl (C=O) groups excluding carboxylic acids is 1. The lowest BCUT2D eigenvalue weighted by molar-refractivity contribution is 0.0943. The number of hydrogen-bond acceptors (Lipinski definition) is 3. The average molecular weight is 394 g/mol. The van der Waals surface area contributed by atoms with Crippen LogP contribution >= 0.6 is 0 Å². The largest absolute Gasteiger partial charge is 0.341 e. The quantitative estimate of drug-likeness (QED) is 0.706. The van der Waals surface area contributed by atoms with Crippen molar-refractivity contribution < 1.29 is 13.2 Å². The molecule has 3 aromatic carbocycles. The van der Waals surface area contributed by atoms with E-state index in [1.807, 2.05) is 49.4 Å². The van der Waals surface area contributed by atoms with Crippen molar-refractivity contribution in [3.8, 4) is 0 Å². The number of hydrogen-bond donors (Lipinski definition) is 1. The van der Waals surface area contributed by atoms with E-state index in [-0.39, 0.29) is 16.8 Å². The number of aryl methyl sites for hydroxylation is 2. The van der Waals surface area contributed by atoms with Gasteiger partial charge in [0.05, 0.1) is 10.9 Å². The molecule has 0 heterocycles. The molecule has 0 saturated heterocycles. The van der Waals surface area contributed by atoms with Crippen molar-refractivity contribution in [3.05, 3.63) is 101 Å². The maximum absolute atomic E-state index is 12.9. The Labute approximate surface area is 166 Å². The summed E-state index contributed by atoms with van der Waals surface area (Å²) in [5, 5.41) is 3.08. The zero-order chi connectivity index (χ0) is 20.3. The first-order valence-electron chi connectivity index (χ1n) is 8.99. The van der Waals surface area contributed by atoms with E-state index in [2.05, 4.69) is 18.3 Å². The summed E-state index contributed by atoms with van der Waals surface area (Å²) in [6, 6.07) is 21.6. The van der Waals surface area contributed by atoms with Gasteiger partial charge in [-0.05, 0) is 60.4 Å². The van der Waals surface area contributed by atoms with E-state index in [1.165, 1.54) is 29.8 Å². The monoisotopic (exact) mass is 393 g/mol. The first kappa shape index (κ1) is 19.8. The summed E-state index contributed by atoms with van der Waals surface area (Å²) in [5.41, 5.74) is 4.74. The van der Waals surface area contributed by atoms with Gasteiger partial charge in [-0.15, -0.1) is 0 Å². The summed E-state index contributed by atoms with van der Waals surface area (Å²) < 4.78 is 23.2. The fourth-order valence-electron chi connectivity index (χ4n) is 3.02. The van der Waals surface area contributed by atoms with E-state index < -0.39 is 9.84 Å². The SMILES string of the molecule is Cc1ccc([C@@H](NC(=O)c2ccc(S(C)(=O)=O)cc2)c2ccccc2)cc1C. The molecule has 0 fully saturated rings. The minimum absolute atomic E-state index is 0.192. The molecule has 0 bridgehead atoms. The molecule has 1 atom stereocenters. The molecule has 0 aliphatic rings. The van der Waals surface area contributed by atoms with Gasteiger partial charge < -0.3 is 5.32 Å². The fourth-order valence-corrected chi connectivity index (χ4v) is 3.65. The maximum atomic E-state index is 12.9. The first-order valence-corrected chi connectivity index (χ1v) is 10.9. The Bertz CT molecular complexity index is 1090. The molecule has 0 aromatic heterocycles. The second-order valence-corrected chi connectivity index (χ2v) is 8.97. The van der Waals surface area contributed by atoms with Gasteiger partial charge in [-0.25, -0.2) is 8.42 Å². The maximum Gasteiger partial charge on any atom is 0.252 e. The summed E-state index contributed by atoms with van der Waals surface area (Å²) in [4.78, 5) is 13.0. The van der Waals surface area contributed by atoms with E-state index in [9.17, 15) is 13.2 Å². The lowest BCUT2D eigenvalue weighted by atomic mass is 9.95. The highest BCUT2D eigenvalue weighted by molar-refractivity contribution is 7.90. The molecule has 5 heteroatoms. The Kier molecular flexibility index (Phi) is 5.66. The summed E-state index contributed by atoms with van der Waals surface area (Å²) >= 11 is 0. The normalized spacial score (nSPS) is 12.4. The third-order valence-electron chi connectivity index (χ3n) is 4.82. The number of carbonyl (C=O) groups is 1. The van der Waals surface area contributed by atoms with Crippen LogP contribution in [0.3, 0.4) is 0 Å². The van der Waals surface area contributed by atoms with Crippen molar-refractivity contribution in [1.29, 1.82) is 0 Å². The third kappa shape index (κ3) is 4.49. The van der Waals surface area contributed by atoms with Gasteiger partial charge in [-0.1, -0.05) is 48.5 Å². The molecule has 3 aromatic rings. The number of rotatable bonds is 5. The Morgan fingerprint density at radius 3 is 2.04 bits per heavy atom. The predicted molar refractivity (Wildman–Crippen MR) is 111 cm³/mol. The molecule has 0 saturated carbocycles. The Balaban J connectivity index is 1.93. The molecule has 1 amide bonds. The Morgan fingerprint density at radius 2 is 1.46 bits per heavy atom. The van der Waals surface area contributed by atoms with Gasteiger partial charge in [0.1, 0.15) is 0 Å². The number of amides is 1. The van der Waals surface area contributed by atoms with Crippen molar-refractivity contribution in [1.82, 2.24) is 5.32 Å². The van der Waals surface area contributed by atoms with Crippen LogP contribution in [0.2, 0.25) is 0 Å². The number of benzene rings is 3. The summed E-state index contributed by atoms with van der Waals surface area (Å²) in [6.45, 7) is 4.10. The second kappa shape index (κ2) is 7.98. The van der Waals surface area contributed by atoms with Crippen LogP contribution in [-0.2, 0) is 9.84 Å². The molecule has 0 unspecified atom stereocenters. The molecule has 144 valence electrons. The highest BCUT2D eigenvalue weighted by Gasteiger charge is 2.19. The first-order chi connectivity index (χ1) is 13.3. The zero-order valence-electron chi connectivity index (χ0n) is 16.1. The summed E-state index contributed by atoms with van der Waals surface area (Å²) in [5.74, 6) is -0.257. The van der Waals surface area contributed by atoms with E-state index in [0.29, 0.717) is 5.56 Å². The molecule has 0 aliphatic carbocycles. The van der Waals surface area contributed by atoms with Crippen LogP contribution in [0, 0.1) is 13.8 Å². The lowest BCUT2D eigenvalue weighted by Gasteiger charge is -2.21. The van der Waals surface area contributed by atoms with E-state index in [0.717, 1.165) is 22.9 Å². The summed E-state index contributed by atoms with van der Waals surface area (Å²) in [6.07, 6.45) is 1.15. The van der Waals surface area contributed by atoms with Crippen molar-refractivity contribution in [3.63, 3.8) is 0 Å². The molecule has 0 aliphatic heterocycles. The minimum atomic E-state index is -3.29. The van der Waals surface area contributed by atoms with Crippen molar-refractivity contribution in [2.45, 2.75) is 24.8 Å². The summed E-state index contributed by atoms with van der Waals surface area (Å²) in [7, 11) is -3.29. The van der Waals surface area contributed by atoms with Gasteiger partial charge in [0.2, 0.25) is 0 Å². The molecular weight excluding hydrogens is 370 g/mol. The van der Waals surface area contributed by atoms with Crippen molar-refractivity contribution in [2.24, 2.45) is 0 Å². The third-order valence-corrected chi connectivity index (χ3v) is 5.95. The Hall–Kier alpha value is -2.92. The van der Waals surface area contributed by atoms with Gasteiger partial charge in [0.25, 0.3) is 5.91 Å². The van der Waals surface area contributed by atoms with Gasteiger partial charge in [-0.2, -0.15) is 0 Å². The van der Waals surface area contributed by atoms with E-state index in [1.54, 1.807) is 0 Å². The van der Waals surface area contributed by atoms with Crippen LogP contribution < -0.4 is 5.32 Å². The molecule has 4 nitrogen and oxygen atoms in total. The van der Waals surface area contributed by atoms with Gasteiger partial charge in [0.15, 0.2) is 9.84 Å². The van der Waals surface area contributed by atoms with Crippen LogP contribution in [-0.4, -0.2) is 20.6 Å². The fraction of sp³-hybridized carbons (Fsp3) is 0.174. The standard InChI is InChI=1S/C23H23NO3S/c1-16-9-10-20(15-17(16)2)22(18-7-5-4-6-8-18)24-23(25)19-11-13-21(14-12-19)28(3,26)27/h4-15,22H,1-3H3,(H,24,25)/t22-/m0/s1. The van der Waals surface area contributed by atoms with E-state index >= 15 is 0 Å². The average Bonchev–Trinajstić information content (AvgIpc) is 2.68. The molecule has 0 radical (unpaired) electrons. The minimum Gasteiger partial charge on any atom is -0.341 e. The number of sulfone groups is 1. The molecule has 1 N–H and O–H groups in total. The van der Waals surface area contributed by atoms with Gasteiger partial charge in [0, 0.05) is 11.8 Å². The second-order valence-electron chi connectivity index (χ2n) is 6.96. The van der Waals surface area contributed by atoms with Gasteiger partial charge in [-0.3, -0.25) is 4.79 Å². The molecule has 0 spiro atoms. The van der Waals surface area contributed by atoms with Crippen molar-refractivity contribution >= 4 is 15.7 Å². The van der Waals surface area contributed by atoms with Crippen LogP contribution in [0.15, 0.2) is 77.7 Å². The van der Waals surface area contributed by atoms with Crippen LogP contribution in [0.4, 0.5) is 0 Å². The smallest absolute Gasteiger partial charge is 0.252 e. The molecule has 3 rings (SSSR count). The molecule has 28 heavy (non-hydrogen) atoms. The molecular formula is C23H23NO3S.